The number of rotatable bonds is 7. The van der Waals surface area contributed by atoms with Crippen LogP contribution in [0.4, 0.5) is 0 Å². The van der Waals surface area contributed by atoms with Gasteiger partial charge in [-0.1, -0.05) is 12.8 Å². The van der Waals surface area contributed by atoms with Gasteiger partial charge >= 0.3 is 0 Å². The number of nitrogens with two attached hydrogens (primary N) is 1. The summed E-state index contributed by atoms with van der Waals surface area (Å²) in [6.45, 7) is 3.22. The Bertz CT molecular complexity index is 334. The molecule has 0 aromatic rings. The molecule has 0 bridgehead atoms. The first-order valence-corrected chi connectivity index (χ1v) is 8.22. The van der Waals surface area contributed by atoms with Crippen LogP contribution in [0.25, 0.3) is 0 Å². The van der Waals surface area contributed by atoms with Crippen molar-refractivity contribution < 1.29 is 14.3 Å². The summed E-state index contributed by atoms with van der Waals surface area (Å²) in [4.78, 5) is 12.6. The van der Waals surface area contributed by atoms with E-state index < -0.39 is 5.41 Å². The van der Waals surface area contributed by atoms with Gasteiger partial charge in [0.2, 0.25) is 5.91 Å². The molecule has 2 fully saturated rings. The Morgan fingerprint density at radius 1 is 1.24 bits per heavy atom. The largest absolute Gasteiger partial charge is 0.385 e. The molecule has 0 spiro atoms. The van der Waals surface area contributed by atoms with E-state index in [2.05, 4.69) is 5.32 Å². The maximum atomic E-state index is 12.6. The summed E-state index contributed by atoms with van der Waals surface area (Å²) in [5, 5.41) is 3.21. The molecule has 3 N–H and O–H groups in total. The Morgan fingerprint density at radius 2 is 1.90 bits per heavy atom. The zero-order chi connectivity index (χ0) is 15.2. The van der Waals surface area contributed by atoms with Gasteiger partial charge in [-0.2, -0.15) is 0 Å². The summed E-state index contributed by atoms with van der Waals surface area (Å²) in [6, 6.07) is 0. The zero-order valence-electron chi connectivity index (χ0n) is 13.3. The molecule has 0 atom stereocenters. The maximum absolute atomic E-state index is 12.6. The van der Waals surface area contributed by atoms with Crippen LogP contribution in [0.1, 0.15) is 44.9 Å². The summed E-state index contributed by atoms with van der Waals surface area (Å²) >= 11 is 0. The van der Waals surface area contributed by atoms with Crippen LogP contribution in [0.15, 0.2) is 0 Å². The van der Waals surface area contributed by atoms with E-state index in [9.17, 15) is 4.79 Å². The smallest absolute Gasteiger partial charge is 0.227 e. The number of amides is 1. The van der Waals surface area contributed by atoms with Gasteiger partial charge in [-0.3, -0.25) is 4.79 Å². The monoisotopic (exact) mass is 298 g/mol. The Kier molecular flexibility index (Phi) is 6.02. The fourth-order valence-electron chi connectivity index (χ4n) is 3.70. The van der Waals surface area contributed by atoms with Crippen LogP contribution < -0.4 is 11.1 Å². The molecule has 122 valence electrons. The van der Waals surface area contributed by atoms with Crippen molar-refractivity contribution in [2.24, 2.45) is 16.6 Å². The molecule has 1 aliphatic carbocycles. The average Bonchev–Trinajstić information content (AvgIpc) is 3.00. The lowest BCUT2D eigenvalue weighted by atomic mass is 9.78. The van der Waals surface area contributed by atoms with Gasteiger partial charge in [0.05, 0.1) is 5.41 Å². The van der Waals surface area contributed by atoms with Crippen molar-refractivity contribution in [2.45, 2.75) is 44.9 Å². The minimum atomic E-state index is -0.417. The fourth-order valence-corrected chi connectivity index (χ4v) is 3.70. The van der Waals surface area contributed by atoms with Crippen LogP contribution in [0.2, 0.25) is 0 Å². The molecule has 21 heavy (non-hydrogen) atoms. The summed E-state index contributed by atoms with van der Waals surface area (Å²) in [5.74, 6) is 0.122. The molecule has 5 nitrogen and oxygen atoms in total. The van der Waals surface area contributed by atoms with E-state index in [0.29, 0.717) is 19.8 Å². The number of hydrogen-bond donors (Lipinski definition) is 2. The summed E-state index contributed by atoms with van der Waals surface area (Å²) in [6.07, 6.45) is 7.40. The topological polar surface area (TPSA) is 73.6 Å². The van der Waals surface area contributed by atoms with Gasteiger partial charge in [-0.25, -0.2) is 0 Å². The summed E-state index contributed by atoms with van der Waals surface area (Å²) in [7, 11) is 1.74. The first-order valence-electron chi connectivity index (χ1n) is 8.22. The Balaban J connectivity index is 1.91. The van der Waals surface area contributed by atoms with Crippen molar-refractivity contribution in [3.8, 4) is 0 Å². The Hall–Kier alpha value is -0.650. The second-order valence-corrected chi connectivity index (χ2v) is 6.73. The van der Waals surface area contributed by atoms with Gasteiger partial charge in [-0.05, 0) is 37.5 Å². The van der Waals surface area contributed by atoms with Crippen molar-refractivity contribution in [3.63, 3.8) is 0 Å². The highest BCUT2D eigenvalue weighted by atomic mass is 16.5. The predicted molar refractivity (Wildman–Crippen MR) is 81.9 cm³/mol. The third-order valence-corrected chi connectivity index (χ3v) is 5.45. The number of methoxy groups -OCH3 is 1. The van der Waals surface area contributed by atoms with Crippen molar-refractivity contribution in [1.29, 1.82) is 0 Å². The van der Waals surface area contributed by atoms with Gasteiger partial charge in [0.25, 0.3) is 0 Å². The minimum Gasteiger partial charge on any atom is -0.385 e. The molecule has 1 amide bonds. The van der Waals surface area contributed by atoms with Crippen LogP contribution >= 0.6 is 0 Å². The number of carbonyl (C=O) groups excluding carboxylic acids is 1. The Labute approximate surface area is 127 Å². The maximum Gasteiger partial charge on any atom is 0.227 e. The number of ether oxygens (including phenoxy) is 2. The van der Waals surface area contributed by atoms with Crippen molar-refractivity contribution in [1.82, 2.24) is 5.32 Å². The molecule has 1 aliphatic heterocycles. The average molecular weight is 298 g/mol. The lowest BCUT2D eigenvalue weighted by Gasteiger charge is -2.36. The van der Waals surface area contributed by atoms with Gasteiger partial charge in [0.1, 0.15) is 0 Å². The van der Waals surface area contributed by atoms with Crippen LogP contribution in [0.3, 0.4) is 0 Å². The van der Waals surface area contributed by atoms with Crippen molar-refractivity contribution in [3.05, 3.63) is 0 Å². The third kappa shape index (κ3) is 3.96. The van der Waals surface area contributed by atoms with E-state index in [-0.39, 0.29) is 11.3 Å². The van der Waals surface area contributed by atoms with Gasteiger partial charge < -0.3 is 20.5 Å². The number of nitrogens with one attached hydrogen (secondary N) is 1. The number of carbonyl (C=O) groups is 1. The molecular formula is C16H30N2O3. The van der Waals surface area contributed by atoms with Crippen molar-refractivity contribution in [2.75, 3.05) is 40.0 Å². The van der Waals surface area contributed by atoms with Gasteiger partial charge in [0, 0.05) is 40.0 Å². The molecule has 2 aliphatic rings. The lowest BCUT2D eigenvalue weighted by Crippen LogP contribution is -2.51. The van der Waals surface area contributed by atoms with Crippen LogP contribution in [-0.2, 0) is 14.3 Å². The van der Waals surface area contributed by atoms with E-state index in [0.717, 1.165) is 32.4 Å². The molecule has 0 unspecified atom stereocenters. The van der Waals surface area contributed by atoms with Crippen LogP contribution in [0.5, 0.6) is 0 Å². The van der Waals surface area contributed by atoms with Gasteiger partial charge in [0.15, 0.2) is 0 Å². The lowest BCUT2D eigenvalue weighted by molar-refractivity contribution is -0.136. The highest BCUT2D eigenvalue weighted by Crippen LogP contribution is 2.41. The van der Waals surface area contributed by atoms with E-state index in [1.807, 2.05) is 0 Å². The minimum absolute atomic E-state index is 0.122. The first-order chi connectivity index (χ1) is 10.2. The highest BCUT2D eigenvalue weighted by Gasteiger charge is 2.40. The molecule has 0 aromatic carbocycles. The van der Waals surface area contributed by atoms with Crippen LogP contribution in [-0.4, -0.2) is 45.9 Å². The molecule has 5 heteroatoms. The SMILES string of the molecule is COCCC1(CNC(=O)C2(CN)CCOCC2)CCCC1. The normalized spacial score (nSPS) is 23.9. The van der Waals surface area contributed by atoms with E-state index in [1.165, 1.54) is 25.7 Å². The quantitative estimate of drug-likeness (QED) is 0.746. The summed E-state index contributed by atoms with van der Waals surface area (Å²) in [5.41, 5.74) is 5.71. The van der Waals surface area contributed by atoms with Crippen molar-refractivity contribution >= 4 is 5.91 Å². The van der Waals surface area contributed by atoms with Gasteiger partial charge in [-0.15, -0.1) is 0 Å². The third-order valence-electron chi connectivity index (χ3n) is 5.45. The summed E-state index contributed by atoms with van der Waals surface area (Å²) < 4.78 is 10.6. The van der Waals surface area contributed by atoms with E-state index >= 15 is 0 Å². The highest BCUT2D eigenvalue weighted by molar-refractivity contribution is 5.83. The second-order valence-electron chi connectivity index (χ2n) is 6.73. The molecule has 1 heterocycles. The molecular weight excluding hydrogens is 268 g/mol. The second kappa shape index (κ2) is 7.56. The molecule has 2 rings (SSSR count). The van der Waals surface area contributed by atoms with Crippen LogP contribution in [0, 0.1) is 10.8 Å². The molecule has 1 saturated heterocycles. The fraction of sp³-hybridized carbons (Fsp3) is 0.938. The Morgan fingerprint density at radius 3 is 2.48 bits per heavy atom. The first kappa shape index (κ1) is 16.7. The standard InChI is InChI=1S/C16H30N2O3/c1-20-9-6-15(4-2-3-5-15)13-18-14(19)16(12-17)7-10-21-11-8-16/h2-13,17H2,1H3,(H,18,19). The zero-order valence-corrected chi connectivity index (χ0v) is 13.3. The predicted octanol–water partition coefficient (Wildman–Crippen LogP) is 1.45. The molecule has 0 aromatic heterocycles. The number of hydrogen-bond acceptors (Lipinski definition) is 4. The molecule has 1 saturated carbocycles. The van der Waals surface area contributed by atoms with E-state index in [4.69, 9.17) is 15.2 Å². The molecule has 0 radical (unpaired) electrons. The van der Waals surface area contributed by atoms with E-state index in [1.54, 1.807) is 7.11 Å².